The zero-order valence-corrected chi connectivity index (χ0v) is 17.2. The zero-order chi connectivity index (χ0) is 17.5. The maximum Gasteiger partial charge on any atom is 0.234 e. The number of rotatable bonds is 6. The Labute approximate surface area is 173 Å². The molecule has 1 fully saturated rings. The van der Waals surface area contributed by atoms with Crippen LogP contribution in [0.2, 0.25) is 0 Å². The molecule has 0 bridgehead atoms. The van der Waals surface area contributed by atoms with Crippen molar-refractivity contribution >= 4 is 30.7 Å². The lowest BCUT2D eigenvalue weighted by atomic mass is 10.0. The van der Waals surface area contributed by atoms with Crippen molar-refractivity contribution in [3.63, 3.8) is 0 Å². The topological polar surface area (TPSA) is 57.3 Å². The first-order valence-electron chi connectivity index (χ1n) is 8.95. The Morgan fingerprint density at radius 3 is 2.67 bits per heavy atom. The van der Waals surface area contributed by atoms with Crippen molar-refractivity contribution in [1.82, 2.24) is 20.5 Å². The average molecular weight is 411 g/mol. The van der Waals surface area contributed by atoms with Crippen molar-refractivity contribution < 1.29 is 4.79 Å². The molecule has 148 valence electrons. The number of halogens is 2. The van der Waals surface area contributed by atoms with Crippen LogP contribution in [0.4, 0.5) is 0 Å². The Balaban J connectivity index is 0.00000182. The number of amides is 1. The highest BCUT2D eigenvalue weighted by molar-refractivity contribution is 5.85. The molecule has 5 nitrogen and oxygen atoms in total. The van der Waals surface area contributed by atoms with E-state index in [1.165, 1.54) is 11.1 Å². The summed E-state index contributed by atoms with van der Waals surface area (Å²) in [5, 5.41) is 6.44. The average Bonchev–Trinajstić information content (AvgIpc) is 2.68. The monoisotopic (exact) mass is 410 g/mol. The highest BCUT2D eigenvalue weighted by Crippen LogP contribution is 2.22. The lowest BCUT2D eigenvalue weighted by Gasteiger charge is -2.36. The molecule has 27 heavy (non-hydrogen) atoms. The van der Waals surface area contributed by atoms with E-state index in [9.17, 15) is 4.79 Å². The van der Waals surface area contributed by atoms with Gasteiger partial charge in [-0.25, -0.2) is 0 Å². The van der Waals surface area contributed by atoms with Gasteiger partial charge >= 0.3 is 0 Å². The minimum atomic E-state index is 0. The third-order valence-corrected chi connectivity index (χ3v) is 4.69. The first-order valence-corrected chi connectivity index (χ1v) is 8.95. The van der Waals surface area contributed by atoms with Gasteiger partial charge in [-0.1, -0.05) is 37.3 Å². The maximum absolute atomic E-state index is 12.4. The number of hydrogen-bond acceptors (Lipinski definition) is 4. The molecule has 1 aliphatic rings. The SMILES string of the molecule is CCc1ccc(C2CNCCN2CC(=O)NCc2cccnc2)cc1.Cl.Cl. The van der Waals surface area contributed by atoms with E-state index in [-0.39, 0.29) is 36.8 Å². The fourth-order valence-corrected chi connectivity index (χ4v) is 3.18. The summed E-state index contributed by atoms with van der Waals surface area (Å²) in [7, 11) is 0. The molecule has 1 aliphatic heterocycles. The molecule has 1 amide bonds. The van der Waals surface area contributed by atoms with Gasteiger partial charge in [0.15, 0.2) is 0 Å². The smallest absolute Gasteiger partial charge is 0.234 e. The summed E-state index contributed by atoms with van der Waals surface area (Å²) in [5.41, 5.74) is 3.63. The summed E-state index contributed by atoms with van der Waals surface area (Å²) in [5.74, 6) is 0.0564. The van der Waals surface area contributed by atoms with Gasteiger partial charge < -0.3 is 10.6 Å². The van der Waals surface area contributed by atoms with Gasteiger partial charge in [0.25, 0.3) is 0 Å². The van der Waals surface area contributed by atoms with Crippen LogP contribution in [0.3, 0.4) is 0 Å². The predicted molar refractivity (Wildman–Crippen MR) is 114 cm³/mol. The minimum absolute atomic E-state index is 0. The van der Waals surface area contributed by atoms with E-state index < -0.39 is 0 Å². The highest BCUT2D eigenvalue weighted by atomic mass is 35.5. The number of nitrogens with one attached hydrogen (secondary N) is 2. The lowest BCUT2D eigenvalue weighted by Crippen LogP contribution is -2.49. The summed E-state index contributed by atoms with van der Waals surface area (Å²) in [6, 6.07) is 12.8. The molecular weight excluding hydrogens is 383 g/mol. The Kier molecular flexibility index (Phi) is 10.3. The van der Waals surface area contributed by atoms with Crippen LogP contribution in [-0.2, 0) is 17.8 Å². The first-order chi connectivity index (χ1) is 12.3. The van der Waals surface area contributed by atoms with Gasteiger partial charge in [0.05, 0.1) is 6.54 Å². The van der Waals surface area contributed by atoms with Crippen LogP contribution in [0, 0.1) is 0 Å². The summed E-state index contributed by atoms with van der Waals surface area (Å²) >= 11 is 0. The molecule has 1 atom stereocenters. The lowest BCUT2D eigenvalue weighted by molar-refractivity contribution is -0.123. The molecule has 2 heterocycles. The summed E-state index contributed by atoms with van der Waals surface area (Å²) in [6.45, 7) is 5.77. The second kappa shape index (κ2) is 11.9. The third kappa shape index (κ3) is 6.78. The molecule has 2 N–H and O–H groups in total. The Bertz CT molecular complexity index is 682. The van der Waals surface area contributed by atoms with Crippen LogP contribution < -0.4 is 10.6 Å². The number of aromatic nitrogens is 1. The minimum Gasteiger partial charge on any atom is -0.351 e. The van der Waals surface area contributed by atoms with E-state index in [0.717, 1.165) is 31.6 Å². The van der Waals surface area contributed by atoms with Gasteiger partial charge in [-0.3, -0.25) is 14.7 Å². The summed E-state index contributed by atoms with van der Waals surface area (Å²) < 4.78 is 0. The van der Waals surface area contributed by atoms with Crippen LogP contribution in [-0.4, -0.2) is 42.0 Å². The molecule has 7 heteroatoms. The zero-order valence-electron chi connectivity index (χ0n) is 15.6. The number of piperazine rings is 1. The number of benzene rings is 1. The van der Waals surface area contributed by atoms with Gasteiger partial charge in [-0.15, -0.1) is 24.8 Å². The fraction of sp³-hybridized carbons (Fsp3) is 0.400. The molecule has 1 aromatic heterocycles. The molecule has 1 unspecified atom stereocenters. The number of carbonyl (C=O) groups is 1. The number of hydrogen-bond donors (Lipinski definition) is 2. The largest absolute Gasteiger partial charge is 0.351 e. The van der Waals surface area contributed by atoms with Gasteiger partial charge in [0.1, 0.15) is 0 Å². The van der Waals surface area contributed by atoms with Crippen molar-refractivity contribution in [2.75, 3.05) is 26.2 Å². The standard InChI is InChI=1S/C20H26N4O.2ClH/c1-2-16-5-7-18(8-6-16)19-14-22-10-11-24(19)15-20(25)23-13-17-4-3-9-21-12-17;;/h3-9,12,19,22H,2,10-11,13-15H2,1H3,(H,23,25);2*1H. The van der Waals surface area contributed by atoms with Crippen molar-refractivity contribution in [3.05, 3.63) is 65.5 Å². The van der Waals surface area contributed by atoms with E-state index in [0.29, 0.717) is 13.1 Å². The second-order valence-corrected chi connectivity index (χ2v) is 6.42. The number of aryl methyl sites for hydroxylation is 1. The molecule has 3 rings (SSSR count). The molecule has 1 saturated heterocycles. The summed E-state index contributed by atoms with van der Waals surface area (Å²) in [6.07, 6.45) is 4.56. The van der Waals surface area contributed by atoms with Gasteiger partial charge in [-0.05, 0) is 29.2 Å². The van der Waals surface area contributed by atoms with E-state index in [1.807, 2.05) is 12.1 Å². The first kappa shape index (κ1) is 23.4. The number of pyridine rings is 1. The van der Waals surface area contributed by atoms with Crippen molar-refractivity contribution in [2.45, 2.75) is 25.9 Å². The van der Waals surface area contributed by atoms with E-state index >= 15 is 0 Å². The number of carbonyl (C=O) groups excluding carboxylic acids is 1. The Morgan fingerprint density at radius 2 is 2.00 bits per heavy atom. The molecular formula is C20H28Cl2N4O. The highest BCUT2D eigenvalue weighted by Gasteiger charge is 2.25. The normalized spacial score (nSPS) is 16.7. The molecule has 0 saturated carbocycles. The Hall–Kier alpha value is -1.66. The van der Waals surface area contributed by atoms with Crippen LogP contribution in [0.1, 0.15) is 29.7 Å². The van der Waals surface area contributed by atoms with E-state index in [1.54, 1.807) is 12.4 Å². The molecule has 0 aliphatic carbocycles. The molecule has 0 spiro atoms. The van der Waals surface area contributed by atoms with E-state index in [4.69, 9.17) is 0 Å². The van der Waals surface area contributed by atoms with Crippen LogP contribution in [0.15, 0.2) is 48.8 Å². The van der Waals surface area contributed by atoms with Crippen molar-refractivity contribution in [3.8, 4) is 0 Å². The molecule has 0 radical (unpaired) electrons. The fourth-order valence-electron chi connectivity index (χ4n) is 3.18. The van der Waals surface area contributed by atoms with Gasteiger partial charge in [-0.2, -0.15) is 0 Å². The third-order valence-electron chi connectivity index (χ3n) is 4.69. The van der Waals surface area contributed by atoms with Crippen LogP contribution in [0.5, 0.6) is 0 Å². The Morgan fingerprint density at radius 1 is 1.22 bits per heavy atom. The second-order valence-electron chi connectivity index (χ2n) is 6.42. The number of nitrogens with zero attached hydrogens (tertiary/aromatic N) is 2. The summed E-state index contributed by atoms with van der Waals surface area (Å²) in [4.78, 5) is 18.7. The van der Waals surface area contributed by atoms with Crippen molar-refractivity contribution in [1.29, 1.82) is 0 Å². The van der Waals surface area contributed by atoms with Crippen molar-refractivity contribution in [2.24, 2.45) is 0 Å². The van der Waals surface area contributed by atoms with Crippen LogP contribution >= 0.6 is 24.8 Å². The maximum atomic E-state index is 12.4. The molecule has 1 aromatic carbocycles. The van der Waals surface area contributed by atoms with Gasteiger partial charge in [0, 0.05) is 44.6 Å². The predicted octanol–water partition coefficient (Wildman–Crippen LogP) is 2.75. The van der Waals surface area contributed by atoms with Gasteiger partial charge in [0.2, 0.25) is 5.91 Å². The van der Waals surface area contributed by atoms with E-state index in [2.05, 4.69) is 51.7 Å². The van der Waals surface area contributed by atoms with Crippen LogP contribution in [0.25, 0.3) is 0 Å². The quantitative estimate of drug-likeness (QED) is 0.768. The molecule has 2 aromatic rings.